The Kier molecular flexibility index (Phi) is 6.75. The van der Waals surface area contributed by atoms with E-state index in [1.807, 2.05) is 53.9 Å². The summed E-state index contributed by atoms with van der Waals surface area (Å²) in [6.07, 6.45) is 5.38. The van der Waals surface area contributed by atoms with Crippen LogP contribution < -0.4 is 9.44 Å². The van der Waals surface area contributed by atoms with Gasteiger partial charge in [0, 0.05) is 40.8 Å². The lowest BCUT2D eigenvalue weighted by molar-refractivity contribution is 0.228. The van der Waals surface area contributed by atoms with Gasteiger partial charge in [-0.2, -0.15) is 0 Å². The zero-order chi connectivity index (χ0) is 23.0. The highest BCUT2D eigenvalue weighted by Crippen LogP contribution is 2.60. The molecular weight excluding hydrogens is 487 g/mol. The van der Waals surface area contributed by atoms with Crippen molar-refractivity contribution in [3.8, 4) is 0 Å². The molecule has 4 rings (SSSR count). The molecule has 0 saturated carbocycles. The normalized spacial score (nSPS) is 18.4. The van der Waals surface area contributed by atoms with Crippen molar-refractivity contribution >= 4 is 54.9 Å². The van der Waals surface area contributed by atoms with Gasteiger partial charge in [-0.25, -0.2) is 16.8 Å². The summed E-state index contributed by atoms with van der Waals surface area (Å²) in [6.45, 7) is 3.02. The topological polar surface area (TPSA) is 95.6 Å². The van der Waals surface area contributed by atoms with Gasteiger partial charge >= 0.3 is 0 Å². The molecule has 11 heteroatoms. The smallest absolute Gasteiger partial charge is 0.229 e. The molecule has 7 nitrogen and oxygen atoms in total. The number of thioether (sulfide) groups is 2. The number of sulfonamides is 2. The first-order valence-electron chi connectivity index (χ1n) is 10.3. The monoisotopic (exact) mass is 513 g/mol. The lowest BCUT2D eigenvalue weighted by Crippen LogP contribution is -2.40. The minimum atomic E-state index is -3.28. The number of rotatable bonds is 7. The zero-order valence-electron chi connectivity index (χ0n) is 18.0. The average molecular weight is 514 g/mol. The Labute approximate surface area is 198 Å². The van der Waals surface area contributed by atoms with Crippen LogP contribution in [0.3, 0.4) is 0 Å². The summed E-state index contributed by atoms with van der Waals surface area (Å²) in [5, 5.41) is 0. The van der Waals surface area contributed by atoms with Crippen molar-refractivity contribution in [1.29, 1.82) is 0 Å². The number of nitrogens with one attached hydrogen (secondary N) is 2. The highest BCUT2D eigenvalue weighted by molar-refractivity contribution is 8.20. The van der Waals surface area contributed by atoms with Crippen LogP contribution in [0.25, 0.3) is 0 Å². The predicted octanol–water partition coefficient (Wildman–Crippen LogP) is 3.66. The fourth-order valence-corrected chi connectivity index (χ4v) is 8.23. The van der Waals surface area contributed by atoms with E-state index < -0.39 is 20.0 Å². The molecule has 1 saturated heterocycles. The van der Waals surface area contributed by atoms with Gasteiger partial charge in [0.1, 0.15) is 0 Å². The zero-order valence-corrected chi connectivity index (χ0v) is 21.3. The lowest BCUT2D eigenvalue weighted by atomic mass is 10.1. The maximum Gasteiger partial charge on any atom is 0.229 e. The summed E-state index contributed by atoms with van der Waals surface area (Å²) in [4.78, 5) is 4.86. The van der Waals surface area contributed by atoms with E-state index in [1.54, 1.807) is 12.1 Å². The molecule has 2 aromatic rings. The van der Waals surface area contributed by atoms with Crippen LogP contribution in [0.5, 0.6) is 0 Å². The van der Waals surface area contributed by atoms with E-state index in [0.29, 0.717) is 11.4 Å². The Morgan fingerprint density at radius 2 is 1.41 bits per heavy atom. The summed E-state index contributed by atoms with van der Waals surface area (Å²) < 4.78 is 50.8. The van der Waals surface area contributed by atoms with Crippen LogP contribution in [-0.4, -0.2) is 58.0 Å². The largest absolute Gasteiger partial charge is 0.303 e. The van der Waals surface area contributed by atoms with Gasteiger partial charge in [0.2, 0.25) is 20.0 Å². The van der Waals surface area contributed by atoms with E-state index in [2.05, 4.69) is 14.3 Å². The molecule has 0 atom stereocenters. The minimum Gasteiger partial charge on any atom is -0.303 e. The first-order chi connectivity index (χ1) is 15.0. The van der Waals surface area contributed by atoms with Crippen LogP contribution >= 0.6 is 23.5 Å². The molecule has 0 unspecified atom stereocenters. The molecule has 1 spiro atoms. The number of anilines is 2. The molecule has 32 heavy (non-hydrogen) atoms. The summed E-state index contributed by atoms with van der Waals surface area (Å²) in [5.41, 5.74) is 2.39. The first-order valence-corrected chi connectivity index (χ1v) is 15.7. The molecule has 2 aromatic carbocycles. The molecule has 1 fully saturated rings. The first kappa shape index (κ1) is 23.7. The number of piperidine rings is 1. The molecule has 0 amide bonds. The van der Waals surface area contributed by atoms with Crippen LogP contribution in [0.4, 0.5) is 11.4 Å². The molecular formula is C21H27N3O4S4. The Balaban J connectivity index is 1.28. The van der Waals surface area contributed by atoms with Crippen molar-refractivity contribution < 1.29 is 16.8 Å². The van der Waals surface area contributed by atoms with Crippen LogP contribution in [0, 0.1) is 0 Å². The van der Waals surface area contributed by atoms with Crippen molar-refractivity contribution in [1.82, 2.24) is 4.90 Å². The summed E-state index contributed by atoms with van der Waals surface area (Å²) in [5.74, 6) is 0. The molecule has 0 radical (unpaired) electrons. The van der Waals surface area contributed by atoms with E-state index in [9.17, 15) is 16.8 Å². The standard InChI is InChI=1S/C21H27N3O4S4/c1-31(25,26)22-17-5-3-16(4-6-17)9-12-24-13-10-21(11-14-24)29-19-8-7-18(15-20(19)30-21)23-32(2,27)28/h3-8,15,22-23H,9-14H2,1-2H3. The Hall–Kier alpha value is -1.40. The fourth-order valence-electron chi connectivity index (χ4n) is 3.93. The fraction of sp³-hybridized carbons (Fsp3) is 0.429. The second-order valence-electron chi connectivity index (χ2n) is 8.31. The summed E-state index contributed by atoms with van der Waals surface area (Å²) in [7, 11) is -6.53. The second-order valence-corrected chi connectivity index (χ2v) is 14.9. The maximum atomic E-state index is 11.5. The number of hydrogen-bond acceptors (Lipinski definition) is 7. The van der Waals surface area contributed by atoms with Crippen LogP contribution in [0.15, 0.2) is 52.3 Å². The molecule has 2 aliphatic heterocycles. The second kappa shape index (κ2) is 9.09. The maximum absolute atomic E-state index is 11.5. The molecule has 174 valence electrons. The third kappa shape index (κ3) is 6.34. The van der Waals surface area contributed by atoms with Gasteiger partial charge in [0.15, 0.2) is 0 Å². The molecule has 2 heterocycles. The van der Waals surface area contributed by atoms with E-state index >= 15 is 0 Å². The van der Waals surface area contributed by atoms with Crippen molar-refractivity contribution in [3.05, 3.63) is 48.0 Å². The number of hydrogen-bond donors (Lipinski definition) is 2. The third-order valence-corrected chi connectivity index (χ3v) is 9.97. The van der Waals surface area contributed by atoms with Crippen molar-refractivity contribution in [2.24, 2.45) is 0 Å². The number of nitrogens with zero attached hydrogens (tertiary/aromatic N) is 1. The van der Waals surface area contributed by atoms with Crippen molar-refractivity contribution in [3.63, 3.8) is 0 Å². The SMILES string of the molecule is CS(=O)(=O)Nc1ccc(CCN2CCC3(CC2)Sc2ccc(NS(C)(=O)=O)cc2S3)cc1. The molecule has 0 aromatic heterocycles. The van der Waals surface area contributed by atoms with Crippen molar-refractivity contribution in [2.75, 3.05) is 41.6 Å². The highest BCUT2D eigenvalue weighted by Gasteiger charge is 2.41. The van der Waals surface area contributed by atoms with Gasteiger partial charge in [-0.15, -0.1) is 23.5 Å². The molecule has 2 aliphatic rings. The minimum absolute atomic E-state index is 0.126. The van der Waals surface area contributed by atoms with E-state index in [-0.39, 0.29) is 4.08 Å². The third-order valence-electron chi connectivity index (χ3n) is 5.43. The van der Waals surface area contributed by atoms with Crippen LogP contribution in [0.2, 0.25) is 0 Å². The number of benzene rings is 2. The average Bonchev–Trinajstić information content (AvgIpc) is 3.03. The van der Waals surface area contributed by atoms with Gasteiger partial charge in [0.05, 0.1) is 16.6 Å². The van der Waals surface area contributed by atoms with Gasteiger partial charge in [0.25, 0.3) is 0 Å². The molecule has 2 N–H and O–H groups in total. The van der Waals surface area contributed by atoms with Gasteiger partial charge in [-0.1, -0.05) is 12.1 Å². The van der Waals surface area contributed by atoms with Gasteiger partial charge in [-0.3, -0.25) is 9.44 Å². The van der Waals surface area contributed by atoms with Gasteiger partial charge in [-0.05, 0) is 55.2 Å². The predicted molar refractivity (Wildman–Crippen MR) is 134 cm³/mol. The highest BCUT2D eigenvalue weighted by atomic mass is 32.2. The van der Waals surface area contributed by atoms with Crippen LogP contribution in [0.1, 0.15) is 18.4 Å². The summed E-state index contributed by atoms with van der Waals surface area (Å²) in [6, 6.07) is 13.3. The van der Waals surface area contributed by atoms with Crippen LogP contribution in [-0.2, 0) is 26.5 Å². The van der Waals surface area contributed by atoms with Crippen molar-refractivity contribution in [2.45, 2.75) is 33.1 Å². The number of fused-ring (bicyclic) bond motifs is 1. The number of likely N-dealkylation sites (tertiary alicyclic amines) is 1. The molecule has 0 bridgehead atoms. The lowest BCUT2D eigenvalue weighted by Gasteiger charge is -2.38. The molecule has 0 aliphatic carbocycles. The van der Waals surface area contributed by atoms with Gasteiger partial charge < -0.3 is 4.90 Å². The summed E-state index contributed by atoms with van der Waals surface area (Å²) >= 11 is 3.78. The van der Waals surface area contributed by atoms with E-state index in [0.717, 1.165) is 50.0 Å². The quantitative estimate of drug-likeness (QED) is 0.583. The van der Waals surface area contributed by atoms with E-state index in [4.69, 9.17) is 0 Å². The van der Waals surface area contributed by atoms with E-state index in [1.165, 1.54) is 16.7 Å². The Morgan fingerprint density at radius 3 is 2.03 bits per heavy atom. The Bertz CT molecular complexity index is 1190. The Morgan fingerprint density at radius 1 is 0.844 bits per heavy atom.